The van der Waals surface area contributed by atoms with Gasteiger partial charge in [0.15, 0.2) is 18.9 Å². The van der Waals surface area contributed by atoms with Crippen LogP contribution in [-0.4, -0.2) is 164 Å². The number of rotatable bonds is 17. The van der Waals surface area contributed by atoms with Crippen molar-refractivity contribution in [1.29, 1.82) is 0 Å². The first-order valence-electron chi connectivity index (χ1n) is 21.5. The van der Waals surface area contributed by atoms with Gasteiger partial charge in [0.2, 0.25) is 5.91 Å². The standard InChI is InChI=1S/C43H81N3O15/c1-21(50)46-31-34(55)28(24(20-49)58-37(31)59-39(5,6)7)41(10,11)42(12,13)60-35-29(44)32(53)27(23(19-48)56-35)40(8,9)43(14,15)61-36-30(45-17-16-25(51)52)33(54)26(38(2,3)4)22(18-47)57-36/h22-24,26-37,45,47-49,53-55H,16-20,44H2,1-15H3,(H,46,50)(H,51,52). The van der Waals surface area contributed by atoms with Crippen LogP contribution in [0.1, 0.15) is 110 Å². The highest BCUT2D eigenvalue weighted by Crippen LogP contribution is 2.52. The second-order valence-electron chi connectivity index (χ2n) is 21.4. The lowest BCUT2D eigenvalue weighted by molar-refractivity contribution is -0.345. The zero-order valence-electron chi connectivity index (χ0n) is 39.2. The van der Waals surface area contributed by atoms with Gasteiger partial charge < -0.3 is 80.5 Å². The summed E-state index contributed by atoms with van der Waals surface area (Å²) in [5.41, 5.74) is 0.950. The van der Waals surface area contributed by atoms with Crippen molar-refractivity contribution in [2.45, 2.75) is 201 Å². The van der Waals surface area contributed by atoms with E-state index in [1.807, 2.05) is 69.2 Å². The molecule has 0 radical (unpaired) electrons. The third kappa shape index (κ3) is 11.8. The number of carbonyl (C=O) groups excluding carboxylic acids is 1. The van der Waals surface area contributed by atoms with Gasteiger partial charge in [0.1, 0.15) is 6.04 Å². The molecule has 18 heteroatoms. The summed E-state index contributed by atoms with van der Waals surface area (Å²) in [6.07, 6.45) is -10.3. The van der Waals surface area contributed by atoms with Crippen molar-refractivity contribution >= 4 is 11.9 Å². The van der Waals surface area contributed by atoms with E-state index in [9.17, 15) is 45.3 Å². The maximum atomic E-state index is 12.3. The SMILES string of the molecule is CC(=O)NC1C(OC(C)(C)C)OC(CO)C(C(C)(C)C(C)(C)OC2OC(CO)C(C(C)(C)C(C)(C)OC3OC(CO)C(C(C)(C)C)C(O)C3NCCC(=O)O)C(O)C2N)C1O. The van der Waals surface area contributed by atoms with Crippen LogP contribution < -0.4 is 16.4 Å². The Kier molecular flexibility index (Phi) is 17.5. The first-order valence-corrected chi connectivity index (χ1v) is 21.5. The molecular formula is C43H81N3O15. The van der Waals surface area contributed by atoms with Crippen molar-refractivity contribution < 1.29 is 73.8 Å². The lowest BCUT2D eigenvalue weighted by atomic mass is 9.61. The molecule has 3 rings (SSSR count). The summed E-state index contributed by atoms with van der Waals surface area (Å²) in [6, 6.07) is -3.09. The number of ether oxygens (including phenoxy) is 6. The minimum atomic E-state index is -1.35. The highest BCUT2D eigenvalue weighted by atomic mass is 16.7. The van der Waals surface area contributed by atoms with E-state index in [1.165, 1.54) is 6.92 Å². The maximum Gasteiger partial charge on any atom is 0.304 e. The lowest BCUT2D eigenvalue weighted by Crippen LogP contribution is -2.70. The Morgan fingerprint density at radius 2 is 1.00 bits per heavy atom. The molecule has 15 unspecified atom stereocenters. The Hall–Kier alpha value is -1.62. The van der Waals surface area contributed by atoms with Gasteiger partial charge in [-0.1, -0.05) is 48.5 Å². The molecule has 0 spiro atoms. The summed E-state index contributed by atoms with van der Waals surface area (Å²) in [5, 5.41) is 82.9. The fraction of sp³-hybridized carbons (Fsp3) is 0.953. The molecule has 11 N–H and O–H groups in total. The number of carboxylic acids is 1. The highest BCUT2D eigenvalue weighted by molar-refractivity contribution is 5.73. The van der Waals surface area contributed by atoms with Crippen LogP contribution in [0.2, 0.25) is 0 Å². The number of aliphatic hydroxyl groups is 6. The van der Waals surface area contributed by atoms with Crippen LogP contribution in [-0.2, 0) is 38.0 Å². The predicted octanol–water partition coefficient (Wildman–Crippen LogP) is 0.838. The van der Waals surface area contributed by atoms with Crippen LogP contribution in [0.15, 0.2) is 0 Å². The van der Waals surface area contributed by atoms with Crippen molar-refractivity contribution in [3.05, 3.63) is 0 Å². The zero-order valence-corrected chi connectivity index (χ0v) is 39.2. The van der Waals surface area contributed by atoms with Crippen molar-refractivity contribution in [3.63, 3.8) is 0 Å². The van der Waals surface area contributed by atoms with Crippen molar-refractivity contribution in [2.75, 3.05) is 26.4 Å². The maximum absolute atomic E-state index is 12.3. The molecule has 1 amide bonds. The molecule has 61 heavy (non-hydrogen) atoms. The molecule has 0 saturated carbocycles. The fourth-order valence-electron chi connectivity index (χ4n) is 9.48. The van der Waals surface area contributed by atoms with E-state index in [0.29, 0.717) is 0 Å². The number of amides is 1. The molecule has 3 saturated heterocycles. The normalized spacial score (nSPS) is 36.1. The summed E-state index contributed by atoms with van der Waals surface area (Å²) in [5.74, 6) is -3.73. The van der Waals surface area contributed by atoms with E-state index >= 15 is 0 Å². The molecule has 0 aromatic heterocycles. The number of aliphatic carboxylic acids is 1. The number of carbonyl (C=O) groups is 2. The van der Waals surface area contributed by atoms with Crippen LogP contribution in [0.5, 0.6) is 0 Å². The van der Waals surface area contributed by atoms with Gasteiger partial charge in [0.25, 0.3) is 0 Å². The summed E-state index contributed by atoms with van der Waals surface area (Å²) in [7, 11) is 0. The second-order valence-corrected chi connectivity index (χ2v) is 21.4. The van der Waals surface area contributed by atoms with Crippen molar-refractivity contribution in [3.8, 4) is 0 Å². The zero-order chi connectivity index (χ0) is 47.0. The minimum absolute atomic E-state index is 0.00528. The van der Waals surface area contributed by atoms with Crippen LogP contribution in [0.4, 0.5) is 0 Å². The van der Waals surface area contributed by atoms with E-state index in [2.05, 4.69) is 10.6 Å². The highest BCUT2D eigenvalue weighted by Gasteiger charge is 2.61. The van der Waals surface area contributed by atoms with Gasteiger partial charge in [-0.25, -0.2) is 0 Å². The van der Waals surface area contributed by atoms with Crippen molar-refractivity contribution in [2.24, 2.45) is 39.7 Å². The number of nitrogens with two attached hydrogens (primary N) is 1. The Labute approximate surface area is 362 Å². The summed E-state index contributed by atoms with van der Waals surface area (Å²) < 4.78 is 38.5. The van der Waals surface area contributed by atoms with Gasteiger partial charge in [-0.3, -0.25) is 9.59 Å². The monoisotopic (exact) mass is 880 g/mol. The molecule has 358 valence electrons. The van der Waals surface area contributed by atoms with Crippen LogP contribution in [0.3, 0.4) is 0 Å². The van der Waals surface area contributed by atoms with Gasteiger partial charge in [0.05, 0.1) is 91.8 Å². The van der Waals surface area contributed by atoms with Gasteiger partial charge in [-0.15, -0.1) is 0 Å². The summed E-state index contributed by atoms with van der Waals surface area (Å²) in [4.78, 5) is 23.8. The van der Waals surface area contributed by atoms with E-state index in [-0.39, 0.29) is 13.0 Å². The number of nitrogens with one attached hydrogen (secondary N) is 2. The number of aliphatic hydroxyl groups excluding tert-OH is 6. The van der Waals surface area contributed by atoms with Gasteiger partial charge >= 0.3 is 5.97 Å². The second kappa shape index (κ2) is 19.9. The Morgan fingerprint density at radius 1 is 0.607 bits per heavy atom. The van der Waals surface area contributed by atoms with Crippen LogP contribution >= 0.6 is 0 Å². The third-order valence-electron chi connectivity index (χ3n) is 14.0. The van der Waals surface area contributed by atoms with E-state index in [1.54, 1.807) is 27.7 Å². The molecule has 0 aliphatic carbocycles. The number of hydrogen-bond acceptors (Lipinski definition) is 16. The molecule has 0 aromatic rings. The largest absolute Gasteiger partial charge is 0.481 e. The van der Waals surface area contributed by atoms with Gasteiger partial charge in [-0.05, 0) is 53.9 Å². The predicted molar refractivity (Wildman–Crippen MR) is 224 cm³/mol. The quantitative estimate of drug-likeness (QED) is 0.0969. The summed E-state index contributed by atoms with van der Waals surface area (Å²) >= 11 is 0. The summed E-state index contributed by atoms with van der Waals surface area (Å²) in [6.45, 7) is 25.4. The first-order chi connectivity index (χ1) is 27.7. The smallest absolute Gasteiger partial charge is 0.304 e. The molecule has 3 fully saturated rings. The van der Waals surface area contributed by atoms with Crippen LogP contribution in [0, 0.1) is 34.0 Å². The van der Waals surface area contributed by atoms with Gasteiger partial charge in [-0.2, -0.15) is 0 Å². The molecule has 0 aromatic carbocycles. The minimum Gasteiger partial charge on any atom is -0.481 e. The molecule has 3 aliphatic rings. The molecule has 18 nitrogen and oxygen atoms in total. The molecule has 3 aliphatic heterocycles. The van der Waals surface area contributed by atoms with Crippen molar-refractivity contribution in [1.82, 2.24) is 10.6 Å². The molecule has 3 heterocycles. The first kappa shape index (κ1) is 53.7. The Morgan fingerprint density at radius 3 is 1.41 bits per heavy atom. The average Bonchev–Trinajstić information content (AvgIpc) is 3.10. The molecular weight excluding hydrogens is 798 g/mol. The average molecular weight is 880 g/mol. The molecule has 15 atom stereocenters. The lowest BCUT2D eigenvalue weighted by Gasteiger charge is -2.58. The van der Waals surface area contributed by atoms with Crippen LogP contribution in [0.25, 0.3) is 0 Å². The molecule has 0 bridgehead atoms. The Balaban J connectivity index is 1.93. The van der Waals surface area contributed by atoms with Gasteiger partial charge in [0, 0.05) is 42.1 Å². The topological polar surface area (TPSA) is 281 Å². The third-order valence-corrected chi connectivity index (χ3v) is 14.0. The van der Waals surface area contributed by atoms with E-state index in [4.69, 9.17) is 34.2 Å². The fourth-order valence-corrected chi connectivity index (χ4v) is 9.48. The Bertz CT molecular complexity index is 1450. The number of carboxylic acid groups (broad SMARTS) is 1. The number of hydrogen-bond donors (Lipinski definition) is 10. The van der Waals surface area contributed by atoms with E-state index in [0.717, 1.165) is 0 Å². The van der Waals surface area contributed by atoms with E-state index < -0.39 is 156 Å².